The first-order chi connectivity index (χ1) is 13.9. The molecule has 0 saturated heterocycles. The first kappa shape index (κ1) is 20.8. The second-order valence-corrected chi connectivity index (χ2v) is 7.65. The molecule has 3 rings (SSSR count). The number of halogens is 1. The summed E-state index contributed by atoms with van der Waals surface area (Å²) in [5, 5.41) is 12.2. The maximum absolute atomic E-state index is 12.6. The predicted octanol–water partition coefficient (Wildman–Crippen LogP) is 3.66. The number of nitrogens with zero attached hydrogens (tertiary/aromatic N) is 5. The summed E-state index contributed by atoms with van der Waals surface area (Å²) in [6.45, 7) is 7.31. The van der Waals surface area contributed by atoms with Crippen LogP contribution in [0.25, 0.3) is 6.08 Å². The zero-order valence-electron chi connectivity index (χ0n) is 16.8. The van der Waals surface area contributed by atoms with Crippen LogP contribution in [0.4, 0.5) is 0 Å². The van der Waals surface area contributed by atoms with Gasteiger partial charge < -0.3 is 5.32 Å². The Morgan fingerprint density at radius 1 is 1.24 bits per heavy atom. The van der Waals surface area contributed by atoms with Crippen LogP contribution < -0.4 is 5.32 Å². The van der Waals surface area contributed by atoms with Crippen LogP contribution in [-0.4, -0.2) is 30.5 Å². The highest BCUT2D eigenvalue weighted by atomic mass is 35.5. The summed E-state index contributed by atoms with van der Waals surface area (Å²) in [6.07, 6.45) is 6.31. The van der Waals surface area contributed by atoms with Crippen LogP contribution in [0.3, 0.4) is 0 Å². The van der Waals surface area contributed by atoms with Crippen molar-refractivity contribution in [3.63, 3.8) is 0 Å². The molecule has 0 fully saturated rings. The average molecular weight is 413 g/mol. The summed E-state index contributed by atoms with van der Waals surface area (Å²) in [5.74, 6) is 0.210. The highest BCUT2D eigenvalue weighted by molar-refractivity contribution is 6.31. The minimum absolute atomic E-state index is 0.217. The lowest BCUT2D eigenvalue weighted by Crippen LogP contribution is -2.30. The van der Waals surface area contributed by atoms with Gasteiger partial charge in [-0.05, 0) is 24.5 Å². The number of aryl methyl sites for hydroxylation is 1. The lowest BCUT2D eigenvalue weighted by atomic mass is 10.1. The molecule has 8 heteroatoms. The van der Waals surface area contributed by atoms with Gasteiger partial charge in [0.2, 0.25) is 5.91 Å². The SMILES string of the molecule is Cc1nn(CC(C)C)c(Cl)c1/C=C/C(=O)NC(Cn1cncn1)c1ccccc1. The number of aromatic nitrogens is 5. The number of benzene rings is 1. The van der Waals surface area contributed by atoms with Crippen LogP contribution >= 0.6 is 11.6 Å². The molecule has 0 spiro atoms. The van der Waals surface area contributed by atoms with Crippen LogP contribution in [0, 0.1) is 12.8 Å². The van der Waals surface area contributed by atoms with Crippen molar-refractivity contribution >= 4 is 23.6 Å². The van der Waals surface area contributed by atoms with E-state index >= 15 is 0 Å². The van der Waals surface area contributed by atoms with Crippen molar-refractivity contribution in [2.75, 3.05) is 0 Å². The minimum atomic E-state index is -0.240. The Labute approximate surface area is 175 Å². The van der Waals surface area contributed by atoms with Crippen molar-refractivity contribution in [3.8, 4) is 0 Å². The molecule has 0 aliphatic rings. The number of carbonyl (C=O) groups is 1. The Bertz CT molecular complexity index is 963. The van der Waals surface area contributed by atoms with Gasteiger partial charge in [-0.15, -0.1) is 0 Å². The molecule has 1 atom stereocenters. The first-order valence-electron chi connectivity index (χ1n) is 9.53. The molecule has 0 aliphatic carbocycles. The van der Waals surface area contributed by atoms with Crippen molar-refractivity contribution in [1.29, 1.82) is 0 Å². The Kier molecular flexibility index (Phi) is 6.82. The molecule has 1 N–H and O–H groups in total. The molecule has 1 amide bonds. The third-order valence-corrected chi connectivity index (χ3v) is 4.80. The van der Waals surface area contributed by atoms with Crippen LogP contribution in [0.5, 0.6) is 0 Å². The van der Waals surface area contributed by atoms with Crippen molar-refractivity contribution in [1.82, 2.24) is 29.9 Å². The van der Waals surface area contributed by atoms with E-state index in [4.69, 9.17) is 11.6 Å². The smallest absolute Gasteiger partial charge is 0.244 e. The monoisotopic (exact) mass is 412 g/mol. The number of hydrogen-bond donors (Lipinski definition) is 1. The highest BCUT2D eigenvalue weighted by Gasteiger charge is 2.16. The van der Waals surface area contributed by atoms with Crippen molar-refractivity contribution in [2.24, 2.45) is 5.92 Å². The molecule has 7 nitrogen and oxygen atoms in total. The summed E-state index contributed by atoms with van der Waals surface area (Å²) in [4.78, 5) is 16.6. The molecular formula is C21H25ClN6O. The van der Waals surface area contributed by atoms with Gasteiger partial charge >= 0.3 is 0 Å². The molecule has 0 saturated carbocycles. The molecule has 29 heavy (non-hydrogen) atoms. The van der Waals surface area contributed by atoms with Crippen molar-refractivity contribution in [2.45, 2.75) is 39.9 Å². The molecule has 2 heterocycles. The van der Waals surface area contributed by atoms with Gasteiger partial charge in [0.1, 0.15) is 17.8 Å². The fraction of sp³-hybridized carbons (Fsp3) is 0.333. The van der Waals surface area contributed by atoms with Crippen molar-refractivity contribution < 1.29 is 4.79 Å². The largest absolute Gasteiger partial charge is 0.344 e. The van der Waals surface area contributed by atoms with E-state index in [9.17, 15) is 4.79 Å². The molecule has 0 radical (unpaired) electrons. The first-order valence-corrected chi connectivity index (χ1v) is 9.90. The van der Waals surface area contributed by atoms with Gasteiger partial charge in [0, 0.05) is 18.2 Å². The highest BCUT2D eigenvalue weighted by Crippen LogP contribution is 2.22. The van der Waals surface area contributed by atoms with Gasteiger partial charge in [-0.25, -0.2) is 4.98 Å². The Hall–Kier alpha value is -2.93. The third kappa shape index (κ3) is 5.54. The fourth-order valence-electron chi connectivity index (χ4n) is 3.04. The van der Waals surface area contributed by atoms with E-state index in [2.05, 4.69) is 34.3 Å². The van der Waals surface area contributed by atoms with Gasteiger partial charge in [-0.2, -0.15) is 10.2 Å². The zero-order valence-corrected chi connectivity index (χ0v) is 17.5. The molecule has 0 bridgehead atoms. The standard InChI is InChI=1S/C21H25ClN6O/c1-15(2)11-28-21(22)18(16(3)26-28)9-10-20(29)25-19(12-27-14-23-13-24-27)17-7-5-4-6-8-17/h4-10,13-15,19H,11-12H2,1-3H3,(H,25,29)/b10-9+. The predicted molar refractivity (Wildman–Crippen MR) is 113 cm³/mol. The quantitative estimate of drug-likeness (QED) is 0.572. The number of nitrogens with one attached hydrogen (secondary N) is 1. The normalized spacial score (nSPS) is 12.6. The molecule has 2 aromatic heterocycles. The van der Waals surface area contributed by atoms with Gasteiger partial charge in [-0.3, -0.25) is 14.2 Å². The summed E-state index contributed by atoms with van der Waals surface area (Å²) in [6, 6.07) is 9.54. The Morgan fingerprint density at radius 3 is 2.66 bits per heavy atom. The van der Waals surface area contributed by atoms with Gasteiger partial charge in [0.15, 0.2) is 0 Å². The molecule has 1 aromatic carbocycles. The topological polar surface area (TPSA) is 77.6 Å². The van der Waals surface area contributed by atoms with E-state index in [0.717, 1.165) is 23.4 Å². The number of hydrogen-bond acceptors (Lipinski definition) is 4. The molecule has 1 unspecified atom stereocenters. The van der Waals surface area contributed by atoms with Gasteiger partial charge in [-0.1, -0.05) is 55.8 Å². The second kappa shape index (κ2) is 9.52. The summed E-state index contributed by atoms with van der Waals surface area (Å²) >= 11 is 6.45. The summed E-state index contributed by atoms with van der Waals surface area (Å²) < 4.78 is 3.47. The van der Waals surface area contributed by atoms with E-state index in [0.29, 0.717) is 17.6 Å². The van der Waals surface area contributed by atoms with E-state index in [1.165, 1.54) is 12.4 Å². The molecule has 0 aliphatic heterocycles. The Balaban J connectivity index is 1.74. The summed E-state index contributed by atoms with van der Waals surface area (Å²) in [7, 11) is 0. The number of carbonyl (C=O) groups excluding carboxylic acids is 1. The lowest BCUT2D eigenvalue weighted by molar-refractivity contribution is -0.117. The zero-order chi connectivity index (χ0) is 20.8. The van der Waals surface area contributed by atoms with E-state index in [1.807, 2.05) is 37.3 Å². The van der Waals surface area contributed by atoms with Crippen LogP contribution in [0.15, 0.2) is 49.1 Å². The number of amides is 1. The van der Waals surface area contributed by atoms with Gasteiger partial charge in [0.05, 0.1) is 18.3 Å². The molecule has 152 valence electrons. The van der Waals surface area contributed by atoms with Crippen molar-refractivity contribution in [3.05, 3.63) is 71.0 Å². The number of rotatable bonds is 8. The maximum Gasteiger partial charge on any atom is 0.244 e. The Morgan fingerprint density at radius 2 is 2.00 bits per heavy atom. The van der Waals surface area contributed by atoms with Crippen LogP contribution in [-0.2, 0) is 17.9 Å². The lowest BCUT2D eigenvalue weighted by Gasteiger charge is -2.18. The van der Waals surface area contributed by atoms with E-state index in [-0.39, 0.29) is 11.9 Å². The minimum Gasteiger partial charge on any atom is -0.344 e. The van der Waals surface area contributed by atoms with E-state index in [1.54, 1.807) is 21.8 Å². The third-order valence-electron chi connectivity index (χ3n) is 4.40. The molecule has 3 aromatic rings. The second-order valence-electron chi connectivity index (χ2n) is 7.29. The van der Waals surface area contributed by atoms with Crippen LogP contribution in [0.1, 0.15) is 36.7 Å². The fourth-order valence-corrected chi connectivity index (χ4v) is 3.34. The maximum atomic E-state index is 12.6. The van der Waals surface area contributed by atoms with Crippen LogP contribution in [0.2, 0.25) is 5.15 Å². The molecular weight excluding hydrogens is 388 g/mol. The average Bonchev–Trinajstić information content (AvgIpc) is 3.28. The summed E-state index contributed by atoms with van der Waals surface area (Å²) in [5.41, 5.74) is 2.54. The van der Waals surface area contributed by atoms with Gasteiger partial charge in [0.25, 0.3) is 0 Å². The van der Waals surface area contributed by atoms with E-state index < -0.39 is 0 Å².